The van der Waals surface area contributed by atoms with Gasteiger partial charge < -0.3 is 5.73 Å². The van der Waals surface area contributed by atoms with Crippen molar-refractivity contribution >= 4 is 21.7 Å². The van der Waals surface area contributed by atoms with E-state index in [1.165, 1.54) is 6.07 Å². The number of benzene rings is 1. The Morgan fingerprint density at radius 2 is 1.94 bits per heavy atom. The molecule has 0 heterocycles. The maximum atomic E-state index is 12.4. The van der Waals surface area contributed by atoms with Crippen molar-refractivity contribution in [3.8, 4) is 0 Å². The largest absolute Gasteiger partial charge is 0.416 e. The SMILES string of the molecule is NCCC(=O)c1cc(Br)cc(C(F)(F)F)c1. The Kier molecular flexibility index (Phi) is 4.09. The predicted octanol–water partition coefficient (Wildman–Crippen LogP) is 3.00. The summed E-state index contributed by atoms with van der Waals surface area (Å²) in [5.41, 5.74) is 4.35. The summed E-state index contributed by atoms with van der Waals surface area (Å²) < 4.78 is 37.5. The minimum absolute atomic E-state index is 0.0205. The highest BCUT2D eigenvalue weighted by molar-refractivity contribution is 9.10. The summed E-state index contributed by atoms with van der Waals surface area (Å²) in [6.07, 6.45) is -4.42. The highest BCUT2D eigenvalue weighted by Gasteiger charge is 2.31. The number of nitrogens with two attached hydrogens (primary N) is 1. The van der Waals surface area contributed by atoms with E-state index < -0.39 is 17.5 Å². The first-order valence-corrected chi connectivity index (χ1v) is 5.25. The lowest BCUT2D eigenvalue weighted by molar-refractivity contribution is -0.137. The number of alkyl halides is 3. The number of halogens is 4. The minimum atomic E-state index is -4.46. The van der Waals surface area contributed by atoms with Crippen molar-refractivity contribution in [2.45, 2.75) is 12.6 Å². The molecule has 0 atom stereocenters. The first-order valence-electron chi connectivity index (χ1n) is 4.45. The van der Waals surface area contributed by atoms with Crippen LogP contribution in [0.4, 0.5) is 13.2 Å². The van der Waals surface area contributed by atoms with Crippen LogP contribution in [0, 0.1) is 0 Å². The van der Waals surface area contributed by atoms with Gasteiger partial charge in [0.1, 0.15) is 0 Å². The van der Waals surface area contributed by atoms with Crippen molar-refractivity contribution < 1.29 is 18.0 Å². The fourth-order valence-corrected chi connectivity index (χ4v) is 1.68. The van der Waals surface area contributed by atoms with Crippen molar-refractivity contribution in [1.82, 2.24) is 0 Å². The van der Waals surface area contributed by atoms with Crippen LogP contribution < -0.4 is 5.73 Å². The van der Waals surface area contributed by atoms with Gasteiger partial charge in [0, 0.05) is 16.5 Å². The summed E-state index contributed by atoms with van der Waals surface area (Å²) in [7, 11) is 0. The third kappa shape index (κ3) is 3.31. The molecule has 16 heavy (non-hydrogen) atoms. The van der Waals surface area contributed by atoms with Gasteiger partial charge in [-0.3, -0.25) is 4.79 Å². The standard InChI is InChI=1S/C10H9BrF3NO/c11-8-4-6(9(16)1-2-15)3-7(5-8)10(12,13)14/h3-5H,1-2,15H2. The zero-order chi connectivity index (χ0) is 12.3. The lowest BCUT2D eigenvalue weighted by Crippen LogP contribution is -2.11. The molecule has 1 aromatic carbocycles. The number of Topliss-reactive ketones (excluding diaryl/α,β-unsaturated/α-hetero) is 1. The molecule has 0 aromatic heterocycles. The van der Waals surface area contributed by atoms with Crippen LogP contribution in [0.5, 0.6) is 0 Å². The van der Waals surface area contributed by atoms with Gasteiger partial charge in [-0.15, -0.1) is 0 Å². The van der Waals surface area contributed by atoms with Crippen molar-refractivity contribution in [2.75, 3.05) is 6.54 Å². The monoisotopic (exact) mass is 295 g/mol. The summed E-state index contributed by atoms with van der Waals surface area (Å²) in [4.78, 5) is 11.4. The van der Waals surface area contributed by atoms with Crippen LogP contribution in [-0.4, -0.2) is 12.3 Å². The van der Waals surface area contributed by atoms with Crippen molar-refractivity contribution in [3.63, 3.8) is 0 Å². The molecule has 2 N–H and O–H groups in total. The average molecular weight is 296 g/mol. The Bertz CT molecular complexity index is 404. The molecule has 2 nitrogen and oxygen atoms in total. The second kappa shape index (κ2) is 4.97. The summed E-state index contributed by atoms with van der Waals surface area (Å²) in [5.74, 6) is -0.394. The Labute approximate surface area is 98.8 Å². The van der Waals surface area contributed by atoms with Gasteiger partial charge in [-0.2, -0.15) is 13.2 Å². The second-order valence-electron chi connectivity index (χ2n) is 3.19. The molecule has 0 aliphatic heterocycles. The molecule has 0 amide bonds. The van der Waals surface area contributed by atoms with Gasteiger partial charge in [-0.05, 0) is 24.7 Å². The third-order valence-electron chi connectivity index (χ3n) is 1.92. The summed E-state index contributed by atoms with van der Waals surface area (Å²) in [6.45, 7) is 0.118. The van der Waals surface area contributed by atoms with Crippen LogP contribution in [-0.2, 0) is 6.18 Å². The Morgan fingerprint density at radius 1 is 1.31 bits per heavy atom. The highest BCUT2D eigenvalue weighted by Crippen LogP contribution is 2.32. The molecule has 1 rings (SSSR count). The topological polar surface area (TPSA) is 43.1 Å². The molecular formula is C10H9BrF3NO. The molecule has 0 aliphatic rings. The summed E-state index contributed by atoms with van der Waals surface area (Å²) in [6, 6.07) is 3.12. The van der Waals surface area contributed by atoms with Crippen LogP contribution >= 0.6 is 15.9 Å². The fraction of sp³-hybridized carbons (Fsp3) is 0.300. The molecule has 0 bridgehead atoms. The molecule has 0 radical (unpaired) electrons. The molecule has 0 aliphatic carbocycles. The number of hydrogen-bond donors (Lipinski definition) is 1. The molecule has 88 valence electrons. The zero-order valence-corrected chi connectivity index (χ0v) is 9.73. The molecule has 0 fully saturated rings. The molecule has 0 saturated carbocycles. The second-order valence-corrected chi connectivity index (χ2v) is 4.10. The van der Waals surface area contributed by atoms with Gasteiger partial charge in [0.2, 0.25) is 0 Å². The van der Waals surface area contributed by atoms with Crippen molar-refractivity contribution in [3.05, 3.63) is 33.8 Å². The Hall–Kier alpha value is -0.880. The van der Waals surface area contributed by atoms with Gasteiger partial charge in [0.15, 0.2) is 5.78 Å². The molecule has 6 heteroatoms. The first kappa shape index (κ1) is 13.2. The van der Waals surface area contributed by atoms with E-state index in [0.29, 0.717) is 0 Å². The number of carbonyl (C=O) groups is 1. The van der Waals surface area contributed by atoms with E-state index >= 15 is 0 Å². The predicted molar refractivity (Wildman–Crippen MR) is 57.1 cm³/mol. The number of ketones is 1. The normalized spacial score (nSPS) is 11.6. The van der Waals surface area contributed by atoms with Gasteiger partial charge in [0.05, 0.1) is 5.56 Å². The number of rotatable bonds is 3. The van der Waals surface area contributed by atoms with Crippen LogP contribution in [0.15, 0.2) is 22.7 Å². The smallest absolute Gasteiger partial charge is 0.330 e. The molecule has 0 unspecified atom stereocenters. The highest BCUT2D eigenvalue weighted by atomic mass is 79.9. The van der Waals surface area contributed by atoms with Gasteiger partial charge in [-0.1, -0.05) is 15.9 Å². The number of hydrogen-bond acceptors (Lipinski definition) is 2. The lowest BCUT2D eigenvalue weighted by Gasteiger charge is -2.09. The summed E-state index contributed by atoms with van der Waals surface area (Å²) >= 11 is 2.94. The molecule has 1 aromatic rings. The first-order chi connectivity index (χ1) is 7.34. The number of carbonyl (C=O) groups excluding carboxylic acids is 1. The minimum Gasteiger partial charge on any atom is -0.330 e. The Balaban J connectivity index is 3.13. The van der Waals surface area contributed by atoms with Crippen molar-refractivity contribution in [2.24, 2.45) is 5.73 Å². The van der Waals surface area contributed by atoms with Crippen LogP contribution in [0.2, 0.25) is 0 Å². The molecular weight excluding hydrogens is 287 g/mol. The van der Waals surface area contributed by atoms with E-state index in [1.807, 2.05) is 0 Å². The Morgan fingerprint density at radius 3 is 2.44 bits per heavy atom. The van der Waals surface area contributed by atoms with Crippen LogP contribution in [0.1, 0.15) is 22.3 Å². The van der Waals surface area contributed by atoms with Gasteiger partial charge in [0.25, 0.3) is 0 Å². The summed E-state index contributed by atoms with van der Waals surface area (Å²) in [5, 5.41) is 0. The van der Waals surface area contributed by atoms with Crippen molar-refractivity contribution in [1.29, 1.82) is 0 Å². The quantitative estimate of drug-likeness (QED) is 0.871. The van der Waals surface area contributed by atoms with Gasteiger partial charge >= 0.3 is 6.18 Å². The zero-order valence-electron chi connectivity index (χ0n) is 8.14. The average Bonchev–Trinajstić information content (AvgIpc) is 2.16. The van der Waals surface area contributed by atoms with E-state index in [1.54, 1.807) is 0 Å². The third-order valence-corrected chi connectivity index (χ3v) is 2.38. The maximum absolute atomic E-state index is 12.4. The molecule has 0 saturated heterocycles. The van der Waals surface area contributed by atoms with Crippen LogP contribution in [0.3, 0.4) is 0 Å². The maximum Gasteiger partial charge on any atom is 0.416 e. The van der Waals surface area contributed by atoms with Crippen LogP contribution in [0.25, 0.3) is 0 Å². The van der Waals surface area contributed by atoms with E-state index in [9.17, 15) is 18.0 Å². The lowest BCUT2D eigenvalue weighted by atomic mass is 10.1. The van der Waals surface area contributed by atoms with Gasteiger partial charge in [-0.25, -0.2) is 0 Å². The van der Waals surface area contributed by atoms with E-state index in [0.717, 1.165) is 12.1 Å². The van der Waals surface area contributed by atoms with E-state index in [2.05, 4.69) is 15.9 Å². The fourth-order valence-electron chi connectivity index (χ4n) is 1.19. The van der Waals surface area contributed by atoms with E-state index in [4.69, 9.17) is 5.73 Å². The van der Waals surface area contributed by atoms with E-state index in [-0.39, 0.29) is 23.0 Å². The molecule has 0 spiro atoms.